The van der Waals surface area contributed by atoms with E-state index in [1.165, 1.54) is 0 Å². The molecule has 0 radical (unpaired) electrons. The summed E-state index contributed by atoms with van der Waals surface area (Å²) in [5.41, 5.74) is -0.294. The highest BCUT2D eigenvalue weighted by Crippen LogP contribution is 2.39. The number of carbonyl (C=O) groups is 3. The van der Waals surface area contributed by atoms with Crippen molar-refractivity contribution in [3.05, 3.63) is 35.9 Å². The number of nitrogens with zero attached hydrogens (tertiary/aromatic N) is 2. The zero-order chi connectivity index (χ0) is 21.3. The van der Waals surface area contributed by atoms with Gasteiger partial charge in [0.15, 0.2) is 0 Å². The summed E-state index contributed by atoms with van der Waals surface area (Å²) < 4.78 is 6.19. The fourth-order valence-corrected chi connectivity index (χ4v) is 4.40. The molecule has 1 saturated carbocycles. The van der Waals surface area contributed by atoms with Crippen molar-refractivity contribution in [1.29, 1.82) is 0 Å². The van der Waals surface area contributed by atoms with Gasteiger partial charge < -0.3 is 15.0 Å². The molecule has 3 amide bonds. The molecule has 1 aromatic rings. The Kier molecular flexibility index (Phi) is 5.82. The predicted octanol–water partition coefficient (Wildman–Crippen LogP) is 2.17. The van der Waals surface area contributed by atoms with Crippen LogP contribution in [-0.2, 0) is 14.3 Å². The van der Waals surface area contributed by atoms with Crippen LogP contribution in [0.2, 0.25) is 0 Å². The summed E-state index contributed by atoms with van der Waals surface area (Å²) >= 11 is 0. The van der Waals surface area contributed by atoms with Crippen molar-refractivity contribution in [1.82, 2.24) is 15.1 Å². The number of benzene rings is 1. The molecule has 7 nitrogen and oxygen atoms in total. The molecular formula is C23H31N3O4. The first-order valence-electron chi connectivity index (χ1n) is 11.0. The normalized spacial score (nSPS) is 23.1. The average Bonchev–Trinajstić information content (AvgIpc) is 3.47. The number of piperidine rings is 1. The third kappa shape index (κ3) is 4.21. The van der Waals surface area contributed by atoms with Gasteiger partial charge in [0.2, 0.25) is 11.8 Å². The number of ether oxygens (including phenoxy) is 1. The van der Waals surface area contributed by atoms with Crippen LogP contribution in [0.1, 0.15) is 56.3 Å². The van der Waals surface area contributed by atoms with E-state index in [0.29, 0.717) is 43.8 Å². The highest BCUT2D eigenvalue weighted by Gasteiger charge is 2.54. The molecule has 4 rings (SSSR count). The van der Waals surface area contributed by atoms with Gasteiger partial charge in [-0.2, -0.15) is 0 Å². The Balaban J connectivity index is 1.54. The summed E-state index contributed by atoms with van der Waals surface area (Å²) in [4.78, 5) is 42.4. The average molecular weight is 414 g/mol. The van der Waals surface area contributed by atoms with E-state index >= 15 is 0 Å². The number of hydrogen-bond donors (Lipinski definition) is 1. The number of carbonyl (C=O) groups excluding carboxylic acids is 3. The van der Waals surface area contributed by atoms with E-state index in [9.17, 15) is 14.4 Å². The first-order chi connectivity index (χ1) is 14.4. The largest absolute Gasteiger partial charge is 0.353 e. The summed E-state index contributed by atoms with van der Waals surface area (Å²) in [7, 11) is 0. The van der Waals surface area contributed by atoms with Gasteiger partial charge in [-0.3, -0.25) is 19.3 Å². The minimum Gasteiger partial charge on any atom is -0.353 e. The molecule has 1 spiro atoms. The first-order valence-corrected chi connectivity index (χ1v) is 11.0. The van der Waals surface area contributed by atoms with Gasteiger partial charge in [0.05, 0.1) is 6.61 Å². The fraction of sp³-hybridized carbons (Fsp3) is 0.609. The van der Waals surface area contributed by atoms with E-state index in [-0.39, 0.29) is 30.4 Å². The van der Waals surface area contributed by atoms with E-state index in [0.717, 1.165) is 12.8 Å². The zero-order valence-electron chi connectivity index (χ0n) is 17.8. The number of nitrogens with one attached hydrogen (secondary N) is 1. The van der Waals surface area contributed by atoms with Crippen molar-refractivity contribution in [3.63, 3.8) is 0 Å². The summed E-state index contributed by atoms with van der Waals surface area (Å²) in [6, 6.07) is 8.63. The van der Waals surface area contributed by atoms with Crippen molar-refractivity contribution in [2.45, 2.75) is 63.8 Å². The molecular weight excluding hydrogens is 382 g/mol. The fourth-order valence-electron chi connectivity index (χ4n) is 4.40. The Bertz CT molecular complexity index is 798. The van der Waals surface area contributed by atoms with Crippen molar-refractivity contribution < 1.29 is 19.1 Å². The third-order valence-corrected chi connectivity index (χ3v) is 6.21. The lowest BCUT2D eigenvalue weighted by atomic mass is 9.96. The van der Waals surface area contributed by atoms with E-state index in [1.807, 2.05) is 36.9 Å². The summed E-state index contributed by atoms with van der Waals surface area (Å²) in [5.74, 6) is 0.118. The van der Waals surface area contributed by atoms with Gasteiger partial charge in [-0.25, -0.2) is 0 Å². The van der Waals surface area contributed by atoms with Crippen molar-refractivity contribution in [2.24, 2.45) is 5.92 Å². The Hall–Kier alpha value is -2.41. The van der Waals surface area contributed by atoms with Crippen LogP contribution >= 0.6 is 0 Å². The van der Waals surface area contributed by atoms with Gasteiger partial charge in [-0.05, 0) is 30.9 Å². The van der Waals surface area contributed by atoms with Crippen LogP contribution in [-0.4, -0.2) is 65.0 Å². The molecule has 3 aliphatic rings. The lowest BCUT2D eigenvalue weighted by Gasteiger charge is -2.44. The van der Waals surface area contributed by atoms with E-state index in [4.69, 9.17) is 4.74 Å². The van der Waals surface area contributed by atoms with Crippen molar-refractivity contribution >= 4 is 17.7 Å². The topological polar surface area (TPSA) is 79.0 Å². The molecule has 162 valence electrons. The summed E-state index contributed by atoms with van der Waals surface area (Å²) in [6.45, 7) is 5.32. The van der Waals surface area contributed by atoms with Gasteiger partial charge >= 0.3 is 0 Å². The van der Waals surface area contributed by atoms with Crippen LogP contribution in [0, 0.1) is 5.92 Å². The quantitative estimate of drug-likeness (QED) is 0.803. The van der Waals surface area contributed by atoms with Crippen LogP contribution in [0.25, 0.3) is 0 Å². The van der Waals surface area contributed by atoms with E-state index in [1.54, 1.807) is 17.0 Å². The summed E-state index contributed by atoms with van der Waals surface area (Å²) in [6.07, 6.45) is 3.53. The maximum atomic E-state index is 13.5. The van der Waals surface area contributed by atoms with E-state index in [2.05, 4.69) is 5.32 Å². The van der Waals surface area contributed by atoms with Crippen LogP contribution in [0.3, 0.4) is 0 Å². The molecule has 2 aliphatic heterocycles. The molecule has 1 N–H and O–H groups in total. The maximum absolute atomic E-state index is 13.5. The second-order valence-corrected chi connectivity index (χ2v) is 9.08. The molecule has 1 aliphatic carbocycles. The van der Waals surface area contributed by atoms with Crippen LogP contribution in [0.15, 0.2) is 30.3 Å². The lowest BCUT2D eigenvalue weighted by molar-refractivity contribution is -0.144. The molecule has 7 heteroatoms. The highest BCUT2D eigenvalue weighted by atomic mass is 16.5. The Morgan fingerprint density at radius 1 is 1.13 bits per heavy atom. The number of amides is 3. The van der Waals surface area contributed by atoms with Gasteiger partial charge in [-0.15, -0.1) is 0 Å². The molecule has 3 fully saturated rings. The minimum absolute atomic E-state index is 0.141. The molecule has 0 aromatic heterocycles. The first kappa shape index (κ1) is 20.8. The number of likely N-dealkylation sites (tertiary alicyclic amines) is 1. The Morgan fingerprint density at radius 3 is 2.40 bits per heavy atom. The molecule has 2 heterocycles. The number of rotatable bonds is 5. The smallest absolute Gasteiger partial charge is 0.256 e. The van der Waals surface area contributed by atoms with Gasteiger partial charge in [0, 0.05) is 44.0 Å². The van der Waals surface area contributed by atoms with Crippen molar-refractivity contribution in [2.75, 3.05) is 19.7 Å². The van der Waals surface area contributed by atoms with Gasteiger partial charge in [0.25, 0.3) is 5.91 Å². The number of hydrogen-bond acceptors (Lipinski definition) is 4. The van der Waals surface area contributed by atoms with Crippen LogP contribution in [0.5, 0.6) is 0 Å². The third-order valence-electron chi connectivity index (χ3n) is 6.21. The highest BCUT2D eigenvalue weighted by molar-refractivity contribution is 5.98. The monoisotopic (exact) mass is 413 g/mol. The summed E-state index contributed by atoms with van der Waals surface area (Å²) in [5, 5.41) is 3.03. The van der Waals surface area contributed by atoms with Crippen LogP contribution in [0.4, 0.5) is 0 Å². The van der Waals surface area contributed by atoms with Gasteiger partial charge in [0.1, 0.15) is 11.8 Å². The Morgan fingerprint density at radius 2 is 1.80 bits per heavy atom. The van der Waals surface area contributed by atoms with Crippen LogP contribution < -0.4 is 5.32 Å². The lowest BCUT2D eigenvalue weighted by Crippen LogP contribution is -2.60. The standard InChI is InChI=1S/C23H31N3O4/c1-16(2)14-20(27)25-12-10-23(11-13-25)26(22(29)17-6-4-3-5-7-17)19(15-30-23)21(28)24-18-8-9-18/h3-7,16,18-19H,8-15H2,1-2H3,(H,24,28). The second kappa shape index (κ2) is 8.38. The minimum atomic E-state index is -0.840. The molecule has 1 atom stereocenters. The zero-order valence-corrected chi connectivity index (χ0v) is 17.8. The van der Waals surface area contributed by atoms with E-state index < -0.39 is 11.8 Å². The molecule has 30 heavy (non-hydrogen) atoms. The maximum Gasteiger partial charge on any atom is 0.256 e. The Labute approximate surface area is 177 Å². The molecule has 2 saturated heterocycles. The molecule has 1 aromatic carbocycles. The predicted molar refractivity (Wildman–Crippen MR) is 112 cm³/mol. The van der Waals surface area contributed by atoms with Crippen molar-refractivity contribution in [3.8, 4) is 0 Å². The van der Waals surface area contributed by atoms with Gasteiger partial charge in [-0.1, -0.05) is 32.0 Å². The molecule has 0 bridgehead atoms. The second-order valence-electron chi connectivity index (χ2n) is 9.08. The molecule has 1 unspecified atom stereocenters. The SMILES string of the molecule is CC(C)CC(=O)N1CCC2(CC1)OCC(C(=O)NC1CC1)N2C(=O)c1ccccc1.